The summed E-state index contributed by atoms with van der Waals surface area (Å²) in [7, 11) is 0. The Morgan fingerprint density at radius 2 is 1.83 bits per heavy atom. The second-order valence-corrected chi connectivity index (χ2v) is 5.59. The first-order valence-electron chi connectivity index (χ1n) is 5.44. The van der Waals surface area contributed by atoms with Gasteiger partial charge in [0.1, 0.15) is 5.82 Å². The Morgan fingerprint density at radius 3 is 2.44 bits per heavy atom. The summed E-state index contributed by atoms with van der Waals surface area (Å²) in [5.74, 6) is -0.273. The molecule has 0 aliphatic carbocycles. The molecule has 0 fully saturated rings. The molecular weight excluding hydrogens is 366 g/mol. The minimum Gasteiger partial charge on any atom is -0.388 e. The molecule has 0 saturated carbocycles. The van der Waals surface area contributed by atoms with Crippen molar-refractivity contribution in [1.82, 2.24) is 0 Å². The van der Waals surface area contributed by atoms with Crippen LogP contribution >= 0.6 is 34.2 Å². The van der Waals surface area contributed by atoms with Crippen LogP contribution < -0.4 is 0 Å². The van der Waals surface area contributed by atoms with E-state index in [9.17, 15) is 9.50 Å². The van der Waals surface area contributed by atoms with Crippen molar-refractivity contribution in [3.8, 4) is 0 Å². The van der Waals surface area contributed by atoms with Gasteiger partial charge in [0.2, 0.25) is 0 Å². The topological polar surface area (TPSA) is 20.2 Å². The molecular formula is C14H11ClFIO. The van der Waals surface area contributed by atoms with Gasteiger partial charge in [-0.3, -0.25) is 0 Å². The monoisotopic (exact) mass is 376 g/mol. The molecule has 1 N–H and O–H groups in total. The van der Waals surface area contributed by atoms with Gasteiger partial charge in [-0.15, -0.1) is 0 Å². The van der Waals surface area contributed by atoms with E-state index in [0.717, 1.165) is 14.7 Å². The lowest BCUT2D eigenvalue weighted by molar-refractivity contribution is 0.178. The van der Waals surface area contributed by atoms with E-state index in [-0.39, 0.29) is 5.82 Å². The van der Waals surface area contributed by atoms with Crippen LogP contribution in [0.3, 0.4) is 0 Å². The summed E-state index contributed by atoms with van der Waals surface area (Å²) in [4.78, 5) is 0. The fourth-order valence-corrected chi connectivity index (χ4v) is 2.21. The van der Waals surface area contributed by atoms with E-state index in [0.29, 0.717) is 11.4 Å². The van der Waals surface area contributed by atoms with Crippen molar-refractivity contribution in [2.24, 2.45) is 0 Å². The van der Waals surface area contributed by atoms with Crippen LogP contribution in [0.1, 0.15) is 17.2 Å². The van der Waals surface area contributed by atoms with Crippen molar-refractivity contribution in [1.29, 1.82) is 0 Å². The Hall–Kier alpha value is -0.650. The molecule has 2 aromatic rings. The fraction of sp³-hybridized carbons (Fsp3) is 0.143. The lowest BCUT2D eigenvalue weighted by Gasteiger charge is -2.12. The van der Waals surface area contributed by atoms with Gasteiger partial charge in [0.05, 0.1) is 11.1 Å². The summed E-state index contributed by atoms with van der Waals surface area (Å²) in [5, 5.41) is 10.7. The van der Waals surface area contributed by atoms with E-state index in [4.69, 9.17) is 11.6 Å². The Kier molecular flexibility index (Phi) is 4.59. The maximum absolute atomic E-state index is 12.8. The molecule has 1 nitrogen and oxygen atoms in total. The van der Waals surface area contributed by atoms with Crippen LogP contribution in [0.5, 0.6) is 0 Å². The van der Waals surface area contributed by atoms with Gasteiger partial charge in [-0.05, 0) is 58.0 Å². The molecule has 0 spiro atoms. The number of benzene rings is 2. The highest BCUT2D eigenvalue weighted by Crippen LogP contribution is 2.25. The number of rotatable bonds is 3. The zero-order chi connectivity index (χ0) is 13.1. The molecule has 1 unspecified atom stereocenters. The molecule has 4 heteroatoms. The highest BCUT2D eigenvalue weighted by atomic mass is 127. The summed E-state index contributed by atoms with van der Waals surface area (Å²) >= 11 is 8.15. The Bertz CT molecular complexity index is 542. The van der Waals surface area contributed by atoms with Crippen LogP contribution in [0, 0.1) is 9.39 Å². The third-order valence-corrected chi connectivity index (χ3v) is 4.24. The highest BCUT2D eigenvalue weighted by Gasteiger charge is 2.10. The van der Waals surface area contributed by atoms with Crippen LogP contribution in [0.15, 0.2) is 42.5 Å². The van der Waals surface area contributed by atoms with Crippen LogP contribution in [-0.2, 0) is 6.42 Å². The van der Waals surface area contributed by atoms with Crippen molar-refractivity contribution < 1.29 is 9.50 Å². The van der Waals surface area contributed by atoms with Crippen LogP contribution in [0.25, 0.3) is 0 Å². The first kappa shape index (κ1) is 13.8. The Morgan fingerprint density at radius 1 is 1.17 bits per heavy atom. The van der Waals surface area contributed by atoms with Crippen LogP contribution in [0.4, 0.5) is 4.39 Å². The molecule has 0 aliphatic rings. The van der Waals surface area contributed by atoms with Crippen molar-refractivity contribution in [2.75, 3.05) is 0 Å². The van der Waals surface area contributed by atoms with Crippen LogP contribution in [-0.4, -0.2) is 5.11 Å². The largest absolute Gasteiger partial charge is 0.388 e. The Labute approximate surface area is 124 Å². The zero-order valence-electron chi connectivity index (χ0n) is 9.41. The van der Waals surface area contributed by atoms with E-state index in [1.54, 1.807) is 18.2 Å². The maximum Gasteiger partial charge on any atom is 0.123 e. The normalized spacial score (nSPS) is 12.4. The summed E-state index contributed by atoms with van der Waals surface area (Å²) in [6, 6.07) is 11.6. The number of aliphatic hydroxyl groups excluding tert-OH is 1. The summed E-state index contributed by atoms with van der Waals surface area (Å²) < 4.78 is 13.7. The molecule has 18 heavy (non-hydrogen) atoms. The molecule has 94 valence electrons. The lowest BCUT2D eigenvalue weighted by Crippen LogP contribution is -2.02. The second kappa shape index (κ2) is 5.99. The van der Waals surface area contributed by atoms with Crippen molar-refractivity contribution >= 4 is 34.2 Å². The van der Waals surface area contributed by atoms with E-state index in [1.807, 2.05) is 12.1 Å². The third-order valence-electron chi connectivity index (χ3n) is 2.67. The number of hydrogen-bond acceptors (Lipinski definition) is 1. The van der Waals surface area contributed by atoms with Gasteiger partial charge < -0.3 is 5.11 Å². The first-order chi connectivity index (χ1) is 8.56. The lowest BCUT2D eigenvalue weighted by atomic mass is 10.0. The van der Waals surface area contributed by atoms with E-state index in [2.05, 4.69) is 22.6 Å². The highest BCUT2D eigenvalue weighted by molar-refractivity contribution is 14.1. The fourth-order valence-electron chi connectivity index (χ4n) is 1.68. The average molecular weight is 377 g/mol. The van der Waals surface area contributed by atoms with Crippen molar-refractivity contribution in [3.05, 3.63) is 68.0 Å². The van der Waals surface area contributed by atoms with E-state index < -0.39 is 6.10 Å². The summed E-state index contributed by atoms with van der Waals surface area (Å²) in [6.45, 7) is 0. The summed E-state index contributed by atoms with van der Waals surface area (Å²) in [6.07, 6.45) is -0.193. The third kappa shape index (κ3) is 3.43. The number of hydrogen-bond donors (Lipinski definition) is 1. The molecule has 0 heterocycles. The van der Waals surface area contributed by atoms with Gasteiger partial charge in [0, 0.05) is 9.99 Å². The minimum atomic E-state index is -0.634. The predicted octanol–water partition coefficient (Wildman–Crippen LogP) is 4.36. The maximum atomic E-state index is 12.8. The number of aliphatic hydroxyl groups is 1. The van der Waals surface area contributed by atoms with Gasteiger partial charge in [-0.2, -0.15) is 0 Å². The van der Waals surface area contributed by atoms with Gasteiger partial charge in [0.25, 0.3) is 0 Å². The van der Waals surface area contributed by atoms with E-state index in [1.165, 1.54) is 12.1 Å². The molecule has 2 rings (SSSR count). The van der Waals surface area contributed by atoms with Gasteiger partial charge >= 0.3 is 0 Å². The predicted molar refractivity (Wildman–Crippen MR) is 79.2 cm³/mol. The van der Waals surface area contributed by atoms with Gasteiger partial charge in [-0.25, -0.2) is 4.39 Å². The smallest absolute Gasteiger partial charge is 0.123 e. The van der Waals surface area contributed by atoms with Crippen molar-refractivity contribution in [3.63, 3.8) is 0 Å². The average Bonchev–Trinajstić information content (AvgIpc) is 2.35. The number of halogens is 3. The molecule has 0 aliphatic heterocycles. The minimum absolute atomic E-state index is 0.273. The SMILES string of the molecule is OC(Cc1ccc(F)cc1)c1ccc(I)c(Cl)c1. The standard InChI is InChI=1S/C14H11ClFIO/c15-12-8-10(3-6-13(12)17)14(18)7-9-1-4-11(16)5-2-9/h1-6,8,14,18H,7H2. The quantitative estimate of drug-likeness (QED) is 0.789. The Balaban J connectivity index is 2.13. The van der Waals surface area contributed by atoms with E-state index >= 15 is 0 Å². The van der Waals surface area contributed by atoms with Gasteiger partial charge in [0.15, 0.2) is 0 Å². The molecule has 0 aromatic heterocycles. The molecule has 0 amide bonds. The zero-order valence-corrected chi connectivity index (χ0v) is 12.3. The molecule has 0 saturated heterocycles. The van der Waals surface area contributed by atoms with Crippen molar-refractivity contribution in [2.45, 2.75) is 12.5 Å². The first-order valence-corrected chi connectivity index (χ1v) is 6.89. The molecule has 0 radical (unpaired) electrons. The van der Waals surface area contributed by atoms with Gasteiger partial charge in [-0.1, -0.05) is 29.8 Å². The van der Waals surface area contributed by atoms with Crippen LogP contribution in [0.2, 0.25) is 5.02 Å². The summed E-state index contributed by atoms with van der Waals surface area (Å²) in [5.41, 5.74) is 1.66. The second-order valence-electron chi connectivity index (χ2n) is 4.02. The molecule has 0 bridgehead atoms. The molecule has 2 aromatic carbocycles. The molecule has 1 atom stereocenters.